The third-order valence-electron chi connectivity index (χ3n) is 5.54. The van der Waals surface area contributed by atoms with Crippen LogP contribution in [0.5, 0.6) is 0 Å². The smallest absolute Gasteiger partial charge is 0.225 e. The number of nitrogens with one attached hydrogen (secondary N) is 1. The Morgan fingerprint density at radius 2 is 1.92 bits per heavy atom. The van der Waals surface area contributed by atoms with Crippen LogP contribution in [0.25, 0.3) is 0 Å². The van der Waals surface area contributed by atoms with Crippen molar-refractivity contribution in [1.82, 2.24) is 15.1 Å². The van der Waals surface area contributed by atoms with Crippen molar-refractivity contribution in [2.24, 2.45) is 5.92 Å². The van der Waals surface area contributed by atoms with Gasteiger partial charge in [0.1, 0.15) is 0 Å². The molecule has 0 bridgehead atoms. The normalized spacial score (nSPS) is 20.3. The van der Waals surface area contributed by atoms with Crippen molar-refractivity contribution in [3.63, 3.8) is 0 Å². The molecule has 2 fully saturated rings. The number of nitrogens with zero attached hydrogens (tertiary/aromatic N) is 2. The van der Waals surface area contributed by atoms with E-state index in [-0.39, 0.29) is 36.1 Å². The Labute approximate surface area is 154 Å². The highest BCUT2D eigenvalue weighted by Crippen LogP contribution is 2.25. The SMILES string of the molecule is CNC(=O)C1CC(=O)N(C2CN(C(=O)CCc3ccc(C)cc3C)C2)C1. The second kappa shape index (κ2) is 7.48. The maximum absolute atomic E-state index is 12.4. The van der Waals surface area contributed by atoms with Crippen LogP contribution in [0.4, 0.5) is 0 Å². The van der Waals surface area contributed by atoms with Gasteiger partial charge in [-0.05, 0) is 31.4 Å². The van der Waals surface area contributed by atoms with Crippen molar-refractivity contribution in [2.45, 2.75) is 39.2 Å². The molecule has 2 saturated heterocycles. The average molecular weight is 357 g/mol. The minimum Gasteiger partial charge on any atom is -0.359 e. The van der Waals surface area contributed by atoms with Crippen LogP contribution < -0.4 is 5.32 Å². The Morgan fingerprint density at radius 1 is 1.19 bits per heavy atom. The van der Waals surface area contributed by atoms with Crippen LogP contribution in [-0.2, 0) is 20.8 Å². The monoisotopic (exact) mass is 357 g/mol. The number of amides is 3. The summed E-state index contributed by atoms with van der Waals surface area (Å²) in [7, 11) is 1.59. The van der Waals surface area contributed by atoms with E-state index in [0.717, 1.165) is 6.42 Å². The van der Waals surface area contributed by atoms with Gasteiger partial charge < -0.3 is 15.1 Å². The predicted octanol–water partition coefficient (Wildman–Crippen LogP) is 1.04. The van der Waals surface area contributed by atoms with Crippen molar-refractivity contribution in [3.05, 3.63) is 34.9 Å². The Hall–Kier alpha value is -2.37. The number of carbonyl (C=O) groups is 3. The molecule has 0 saturated carbocycles. The zero-order valence-electron chi connectivity index (χ0n) is 15.7. The van der Waals surface area contributed by atoms with Crippen LogP contribution in [0.3, 0.4) is 0 Å². The van der Waals surface area contributed by atoms with Gasteiger partial charge in [-0.15, -0.1) is 0 Å². The highest BCUT2D eigenvalue weighted by Gasteiger charge is 2.43. The standard InChI is InChI=1S/C20H27N3O3/c1-13-4-5-15(14(2)8-13)6-7-18(24)22-11-17(12-22)23-10-16(9-19(23)25)20(26)21-3/h4-5,8,16-17H,6-7,9-12H2,1-3H3,(H,21,26). The molecule has 1 aromatic rings. The van der Waals surface area contributed by atoms with E-state index in [9.17, 15) is 14.4 Å². The van der Waals surface area contributed by atoms with Gasteiger partial charge in [-0.25, -0.2) is 0 Å². The predicted molar refractivity (Wildman–Crippen MR) is 98.5 cm³/mol. The highest BCUT2D eigenvalue weighted by molar-refractivity contribution is 5.89. The van der Waals surface area contributed by atoms with Gasteiger partial charge in [-0.2, -0.15) is 0 Å². The third kappa shape index (κ3) is 3.74. The molecule has 2 aliphatic heterocycles. The van der Waals surface area contributed by atoms with Crippen molar-refractivity contribution in [2.75, 3.05) is 26.7 Å². The maximum Gasteiger partial charge on any atom is 0.225 e. The van der Waals surface area contributed by atoms with Crippen LogP contribution in [-0.4, -0.2) is 60.2 Å². The first-order chi connectivity index (χ1) is 12.4. The van der Waals surface area contributed by atoms with Crippen LogP contribution in [0.1, 0.15) is 29.5 Å². The van der Waals surface area contributed by atoms with E-state index in [4.69, 9.17) is 0 Å². The first kappa shape index (κ1) is 18.4. The molecule has 0 radical (unpaired) electrons. The number of aryl methyl sites for hydroxylation is 3. The molecule has 3 rings (SSSR count). The fourth-order valence-electron chi connectivity index (χ4n) is 3.85. The summed E-state index contributed by atoms with van der Waals surface area (Å²) in [5, 5.41) is 2.61. The zero-order chi connectivity index (χ0) is 18.8. The fraction of sp³-hybridized carbons (Fsp3) is 0.550. The summed E-state index contributed by atoms with van der Waals surface area (Å²) < 4.78 is 0. The van der Waals surface area contributed by atoms with Gasteiger partial charge in [0.05, 0.1) is 12.0 Å². The molecule has 6 heteroatoms. The van der Waals surface area contributed by atoms with Crippen LogP contribution in [0.2, 0.25) is 0 Å². The first-order valence-electron chi connectivity index (χ1n) is 9.24. The van der Waals surface area contributed by atoms with E-state index in [0.29, 0.717) is 26.1 Å². The first-order valence-corrected chi connectivity index (χ1v) is 9.24. The molecule has 3 amide bonds. The molecule has 0 aliphatic carbocycles. The Balaban J connectivity index is 1.46. The van der Waals surface area contributed by atoms with Crippen LogP contribution in [0.15, 0.2) is 18.2 Å². The second-order valence-electron chi connectivity index (χ2n) is 7.44. The maximum atomic E-state index is 12.4. The van der Waals surface area contributed by atoms with Crippen molar-refractivity contribution >= 4 is 17.7 Å². The van der Waals surface area contributed by atoms with Gasteiger partial charge in [-0.1, -0.05) is 23.8 Å². The largest absolute Gasteiger partial charge is 0.359 e. The second-order valence-corrected chi connectivity index (χ2v) is 7.44. The quantitative estimate of drug-likeness (QED) is 0.856. The third-order valence-corrected chi connectivity index (χ3v) is 5.54. The molecule has 0 aromatic heterocycles. The van der Waals surface area contributed by atoms with Crippen LogP contribution >= 0.6 is 0 Å². The zero-order valence-corrected chi connectivity index (χ0v) is 15.7. The lowest BCUT2D eigenvalue weighted by molar-refractivity contribution is -0.144. The molecular weight excluding hydrogens is 330 g/mol. The summed E-state index contributed by atoms with van der Waals surface area (Å²) in [6.07, 6.45) is 1.51. The summed E-state index contributed by atoms with van der Waals surface area (Å²) in [5.74, 6) is -0.190. The number of hydrogen-bond donors (Lipinski definition) is 1. The van der Waals surface area contributed by atoms with Gasteiger partial charge in [0, 0.05) is 39.5 Å². The van der Waals surface area contributed by atoms with Crippen molar-refractivity contribution in [3.8, 4) is 0 Å². The van der Waals surface area contributed by atoms with Gasteiger partial charge in [0.25, 0.3) is 0 Å². The van der Waals surface area contributed by atoms with Gasteiger partial charge in [0.2, 0.25) is 17.7 Å². The Morgan fingerprint density at radius 3 is 2.58 bits per heavy atom. The number of likely N-dealkylation sites (tertiary alicyclic amines) is 2. The topological polar surface area (TPSA) is 69.7 Å². The summed E-state index contributed by atoms with van der Waals surface area (Å²) in [6.45, 7) is 5.77. The number of rotatable bonds is 5. The summed E-state index contributed by atoms with van der Waals surface area (Å²) in [6, 6.07) is 6.37. The van der Waals surface area contributed by atoms with Gasteiger partial charge in [0.15, 0.2) is 0 Å². The van der Waals surface area contributed by atoms with E-state index >= 15 is 0 Å². The van der Waals surface area contributed by atoms with E-state index in [1.54, 1.807) is 11.9 Å². The molecular formula is C20H27N3O3. The molecule has 2 heterocycles. The summed E-state index contributed by atoms with van der Waals surface area (Å²) >= 11 is 0. The van der Waals surface area contributed by atoms with Gasteiger partial charge in [-0.3, -0.25) is 14.4 Å². The van der Waals surface area contributed by atoms with Crippen molar-refractivity contribution in [1.29, 1.82) is 0 Å². The Bertz CT molecular complexity index is 725. The molecule has 1 unspecified atom stereocenters. The summed E-state index contributed by atoms with van der Waals surface area (Å²) in [5.41, 5.74) is 3.67. The minimum absolute atomic E-state index is 0.0194. The number of benzene rings is 1. The fourth-order valence-corrected chi connectivity index (χ4v) is 3.85. The lowest BCUT2D eigenvalue weighted by Gasteiger charge is -2.44. The van der Waals surface area contributed by atoms with Gasteiger partial charge >= 0.3 is 0 Å². The van der Waals surface area contributed by atoms with E-state index < -0.39 is 0 Å². The lowest BCUT2D eigenvalue weighted by Crippen LogP contribution is -2.61. The molecule has 0 spiro atoms. The molecule has 1 N–H and O–H groups in total. The van der Waals surface area contributed by atoms with E-state index in [1.807, 2.05) is 4.90 Å². The summed E-state index contributed by atoms with van der Waals surface area (Å²) in [4.78, 5) is 39.8. The van der Waals surface area contributed by atoms with Crippen LogP contribution in [0, 0.1) is 19.8 Å². The highest BCUT2D eigenvalue weighted by atomic mass is 16.2. The average Bonchev–Trinajstić information content (AvgIpc) is 2.93. The number of hydrogen-bond acceptors (Lipinski definition) is 3. The van der Waals surface area contributed by atoms with E-state index in [1.165, 1.54) is 16.7 Å². The lowest BCUT2D eigenvalue weighted by atomic mass is 10.00. The molecule has 1 atom stereocenters. The molecule has 1 aromatic carbocycles. The molecule has 6 nitrogen and oxygen atoms in total. The number of carbonyl (C=O) groups excluding carboxylic acids is 3. The Kier molecular flexibility index (Phi) is 5.30. The molecule has 2 aliphatic rings. The molecule has 140 valence electrons. The van der Waals surface area contributed by atoms with Crippen molar-refractivity contribution < 1.29 is 14.4 Å². The van der Waals surface area contributed by atoms with E-state index in [2.05, 4.69) is 37.4 Å². The minimum atomic E-state index is -0.262. The molecule has 26 heavy (non-hydrogen) atoms.